The number of nitrogens with one attached hydrogen (secondary N) is 1. The Balaban J connectivity index is 2.41. The van der Waals surface area contributed by atoms with Gasteiger partial charge in [-0.1, -0.05) is 0 Å². The van der Waals surface area contributed by atoms with Gasteiger partial charge in [0, 0.05) is 26.2 Å². The van der Waals surface area contributed by atoms with Gasteiger partial charge in [0.15, 0.2) is 0 Å². The van der Waals surface area contributed by atoms with E-state index >= 15 is 0 Å². The minimum atomic E-state index is -0.534. The van der Waals surface area contributed by atoms with Crippen LogP contribution in [-0.2, 0) is 16.0 Å². The second-order valence-electron chi connectivity index (χ2n) is 6.47. The molecule has 25 heavy (non-hydrogen) atoms. The van der Waals surface area contributed by atoms with E-state index in [1.807, 2.05) is 20.8 Å². The molecule has 0 bridgehead atoms. The number of amides is 1. The van der Waals surface area contributed by atoms with Gasteiger partial charge < -0.3 is 24.8 Å². The van der Waals surface area contributed by atoms with E-state index in [0.29, 0.717) is 31.9 Å². The van der Waals surface area contributed by atoms with Crippen molar-refractivity contribution < 1.29 is 19.4 Å². The highest BCUT2D eigenvalue weighted by atomic mass is 16.6. The Morgan fingerprint density at radius 3 is 2.72 bits per heavy atom. The smallest absolute Gasteiger partial charge is 0.410 e. The second-order valence-corrected chi connectivity index (χ2v) is 6.47. The lowest BCUT2D eigenvalue weighted by molar-refractivity contribution is 0.0305. The zero-order chi connectivity index (χ0) is 18.9. The van der Waals surface area contributed by atoms with Crippen LogP contribution in [-0.4, -0.2) is 71.4 Å². The number of nitrogens with zero attached hydrogens (tertiary/aromatic N) is 3. The fourth-order valence-corrected chi connectivity index (χ4v) is 1.81. The van der Waals surface area contributed by atoms with Crippen LogP contribution < -0.4 is 10.9 Å². The molecule has 142 valence electrons. The number of aliphatic hydroxyl groups excluding tert-OH is 1. The molecular formula is C16H28N4O5. The van der Waals surface area contributed by atoms with Gasteiger partial charge >= 0.3 is 6.09 Å². The van der Waals surface area contributed by atoms with E-state index in [2.05, 4.69) is 10.4 Å². The number of ether oxygens (including phenoxy) is 2. The first kappa shape index (κ1) is 20.9. The van der Waals surface area contributed by atoms with Gasteiger partial charge in [-0.25, -0.2) is 9.48 Å². The zero-order valence-corrected chi connectivity index (χ0v) is 15.3. The van der Waals surface area contributed by atoms with Crippen molar-refractivity contribution in [3.05, 3.63) is 22.6 Å². The lowest BCUT2D eigenvalue weighted by Crippen LogP contribution is -2.36. The Hall–Kier alpha value is -2.13. The number of carbonyl (C=O) groups is 1. The molecule has 1 heterocycles. The van der Waals surface area contributed by atoms with E-state index in [-0.39, 0.29) is 18.8 Å². The van der Waals surface area contributed by atoms with Gasteiger partial charge in [0.2, 0.25) is 0 Å². The maximum atomic E-state index is 11.9. The Morgan fingerprint density at radius 2 is 2.12 bits per heavy atom. The molecule has 1 aromatic rings. The van der Waals surface area contributed by atoms with E-state index in [1.165, 1.54) is 15.6 Å². The zero-order valence-electron chi connectivity index (χ0n) is 15.3. The molecule has 0 saturated heterocycles. The van der Waals surface area contributed by atoms with E-state index in [1.54, 1.807) is 13.2 Å². The van der Waals surface area contributed by atoms with Gasteiger partial charge in [-0.05, 0) is 20.8 Å². The number of hydrogen-bond donors (Lipinski definition) is 2. The van der Waals surface area contributed by atoms with Gasteiger partial charge in [0.1, 0.15) is 5.60 Å². The summed E-state index contributed by atoms with van der Waals surface area (Å²) >= 11 is 0. The molecule has 1 aromatic heterocycles. The van der Waals surface area contributed by atoms with Crippen molar-refractivity contribution in [3.8, 4) is 0 Å². The molecule has 0 aliphatic carbocycles. The van der Waals surface area contributed by atoms with Gasteiger partial charge in [-0.3, -0.25) is 4.79 Å². The molecule has 0 aliphatic rings. The van der Waals surface area contributed by atoms with E-state index in [0.717, 1.165) is 0 Å². The van der Waals surface area contributed by atoms with Crippen molar-refractivity contribution in [1.29, 1.82) is 0 Å². The number of hydrogen-bond acceptors (Lipinski definition) is 7. The van der Waals surface area contributed by atoms with E-state index in [9.17, 15) is 9.59 Å². The molecule has 0 unspecified atom stereocenters. The average Bonchev–Trinajstić information content (AvgIpc) is 2.51. The van der Waals surface area contributed by atoms with Crippen LogP contribution in [0.3, 0.4) is 0 Å². The largest absolute Gasteiger partial charge is 0.444 e. The van der Waals surface area contributed by atoms with Crippen LogP contribution in [0.5, 0.6) is 0 Å². The van der Waals surface area contributed by atoms with Gasteiger partial charge in [-0.2, -0.15) is 5.10 Å². The summed E-state index contributed by atoms with van der Waals surface area (Å²) in [5, 5.41) is 15.7. The minimum absolute atomic E-state index is 0.0527. The summed E-state index contributed by atoms with van der Waals surface area (Å²) in [5.41, 5.74) is -0.207. The summed E-state index contributed by atoms with van der Waals surface area (Å²) in [6, 6.07) is 1.44. The van der Waals surface area contributed by atoms with Gasteiger partial charge in [-0.15, -0.1) is 0 Å². The van der Waals surface area contributed by atoms with Crippen molar-refractivity contribution >= 4 is 11.8 Å². The van der Waals surface area contributed by atoms with Crippen LogP contribution >= 0.6 is 0 Å². The number of likely N-dealkylation sites (N-methyl/N-ethyl adjacent to an activating group) is 1. The summed E-state index contributed by atoms with van der Waals surface area (Å²) < 4.78 is 11.7. The molecule has 0 fully saturated rings. The molecule has 0 aromatic carbocycles. The van der Waals surface area contributed by atoms with E-state index < -0.39 is 11.7 Å². The molecule has 0 spiro atoms. The summed E-state index contributed by atoms with van der Waals surface area (Å²) in [6.45, 7) is 7.13. The average molecular weight is 356 g/mol. The summed E-state index contributed by atoms with van der Waals surface area (Å²) in [6.07, 6.45) is 1.15. The van der Waals surface area contributed by atoms with Crippen molar-refractivity contribution in [3.63, 3.8) is 0 Å². The lowest BCUT2D eigenvalue weighted by Gasteiger charge is -2.24. The molecule has 0 radical (unpaired) electrons. The maximum Gasteiger partial charge on any atom is 0.410 e. The van der Waals surface area contributed by atoms with Crippen molar-refractivity contribution in [2.75, 3.05) is 45.3 Å². The van der Waals surface area contributed by atoms with Gasteiger partial charge in [0.05, 0.1) is 38.2 Å². The highest BCUT2D eigenvalue weighted by Gasteiger charge is 2.19. The van der Waals surface area contributed by atoms with Crippen molar-refractivity contribution in [2.45, 2.75) is 32.9 Å². The second kappa shape index (κ2) is 10.00. The summed E-state index contributed by atoms with van der Waals surface area (Å²) in [7, 11) is 1.65. The molecule has 0 atom stereocenters. The van der Waals surface area contributed by atoms with Crippen LogP contribution in [0, 0.1) is 0 Å². The first-order valence-corrected chi connectivity index (χ1v) is 8.16. The molecule has 0 aliphatic heterocycles. The predicted octanol–water partition coefficient (Wildman–Crippen LogP) is 0.531. The van der Waals surface area contributed by atoms with Crippen LogP contribution in [0.15, 0.2) is 17.1 Å². The molecule has 1 amide bonds. The fourth-order valence-electron chi connectivity index (χ4n) is 1.81. The van der Waals surface area contributed by atoms with Crippen LogP contribution in [0.1, 0.15) is 20.8 Å². The predicted molar refractivity (Wildman–Crippen MR) is 93.8 cm³/mol. The molecule has 9 heteroatoms. The normalized spacial score (nSPS) is 11.2. The highest BCUT2D eigenvalue weighted by molar-refractivity contribution is 5.67. The standard InChI is InChI=1S/C16H28N4O5/c1-16(2,3)25-15(23)19(4)6-5-17-13-11-14(22)20(18-12-13)7-9-24-10-8-21/h11-12,17,21H,5-10H2,1-4H3. The SMILES string of the molecule is CN(CCNc1cnn(CCOCCO)c(=O)c1)C(=O)OC(C)(C)C. The fraction of sp³-hybridized carbons (Fsp3) is 0.688. The quantitative estimate of drug-likeness (QED) is 0.622. The summed E-state index contributed by atoms with van der Waals surface area (Å²) in [4.78, 5) is 25.2. The number of aliphatic hydroxyl groups is 1. The molecule has 1 rings (SSSR count). The Morgan fingerprint density at radius 1 is 1.40 bits per heavy atom. The van der Waals surface area contributed by atoms with Crippen LogP contribution in [0.25, 0.3) is 0 Å². The third-order valence-corrected chi connectivity index (χ3v) is 3.03. The lowest BCUT2D eigenvalue weighted by atomic mass is 10.2. The first-order chi connectivity index (χ1) is 11.7. The topological polar surface area (TPSA) is 106 Å². The third kappa shape index (κ3) is 8.50. The maximum absolute atomic E-state index is 11.9. The monoisotopic (exact) mass is 356 g/mol. The molecule has 9 nitrogen and oxygen atoms in total. The Kier molecular flexibility index (Phi) is 8.36. The first-order valence-electron chi connectivity index (χ1n) is 8.16. The third-order valence-electron chi connectivity index (χ3n) is 3.03. The highest BCUT2D eigenvalue weighted by Crippen LogP contribution is 2.09. The summed E-state index contributed by atoms with van der Waals surface area (Å²) in [5.74, 6) is 0. The molecule has 0 saturated carbocycles. The Labute approximate surface area is 147 Å². The van der Waals surface area contributed by atoms with Crippen LogP contribution in [0.2, 0.25) is 0 Å². The number of rotatable bonds is 9. The van der Waals surface area contributed by atoms with Crippen LogP contribution in [0.4, 0.5) is 10.5 Å². The molecule has 2 N–H and O–H groups in total. The Bertz CT molecular complexity index is 597. The minimum Gasteiger partial charge on any atom is -0.444 e. The van der Waals surface area contributed by atoms with Gasteiger partial charge in [0.25, 0.3) is 5.56 Å². The number of carbonyl (C=O) groups excluding carboxylic acids is 1. The van der Waals surface area contributed by atoms with Crippen molar-refractivity contribution in [1.82, 2.24) is 14.7 Å². The van der Waals surface area contributed by atoms with E-state index in [4.69, 9.17) is 14.6 Å². The number of aromatic nitrogens is 2. The molecular weight excluding hydrogens is 328 g/mol. The number of anilines is 1. The van der Waals surface area contributed by atoms with Crippen molar-refractivity contribution in [2.24, 2.45) is 0 Å².